The Kier molecular flexibility index (Phi) is 98.1. The topological polar surface area (TPSA) is 186 Å². The molecule has 3 N–H and O–H groups in total. The van der Waals surface area contributed by atoms with Crippen molar-refractivity contribution >= 4 is 46.8 Å². The van der Waals surface area contributed by atoms with Crippen molar-refractivity contribution in [3.05, 3.63) is 25.3 Å². The summed E-state index contributed by atoms with van der Waals surface area (Å²) in [6.07, 6.45) is 4.61. The molecule has 192 valence electrons. The zero-order valence-electron chi connectivity index (χ0n) is 20.4. The second-order valence-corrected chi connectivity index (χ2v) is 6.63. The van der Waals surface area contributed by atoms with Crippen molar-refractivity contribution in [2.24, 2.45) is 17.3 Å². The van der Waals surface area contributed by atoms with Gasteiger partial charge in [-0.1, -0.05) is 84.7 Å². The summed E-state index contributed by atoms with van der Waals surface area (Å²) in [5, 5.41) is 33.4. The van der Waals surface area contributed by atoms with E-state index in [9.17, 15) is 14.4 Å². The second kappa shape index (κ2) is 48.5. The van der Waals surface area contributed by atoms with E-state index in [1.165, 1.54) is 0 Å². The van der Waals surface area contributed by atoms with E-state index in [4.69, 9.17) is 25.4 Å². The van der Waals surface area contributed by atoms with Crippen molar-refractivity contribution in [3.8, 4) is 6.07 Å². The molecule has 0 spiro atoms. The maximum atomic E-state index is 10.9. The number of carboxylic acid groups (broad SMARTS) is 3. The molecular formula is C21H37I2NNa3O8-. The predicted molar refractivity (Wildman–Crippen MR) is 128 cm³/mol. The molecule has 0 rings (SSSR count). The van der Waals surface area contributed by atoms with Gasteiger partial charge in [-0.05, 0) is 17.9 Å². The number of hydrogen-bond donors (Lipinski definition) is 2. The first kappa shape index (κ1) is 70.7. The summed E-state index contributed by atoms with van der Waals surface area (Å²) >= 11 is 1.99. The summed E-state index contributed by atoms with van der Waals surface area (Å²) in [5.41, 5.74) is -0.350. The molecule has 0 heterocycles. The summed E-state index contributed by atoms with van der Waals surface area (Å²) in [5.74, 6) is -3.58. The molecule has 0 saturated carbocycles. The monoisotopic (exact) mass is 754 g/mol. The first-order valence-corrected chi connectivity index (χ1v) is 9.55. The van der Waals surface area contributed by atoms with Crippen molar-refractivity contribution in [3.63, 3.8) is 0 Å². The number of halogens is 2. The largest absolute Gasteiger partial charge is 1.00 e. The minimum absolute atomic E-state index is 0. The Morgan fingerprint density at radius 2 is 1.43 bits per heavy atom. The van der Waals surface area contributed by atoms with Crippen LogP contribution in [0.1, 0.15) is 55.4 Å². The molecule has 0 aromatic carbocycles. The number of aliphatic carboxylic acids is 3. The van der Waals surface area contributed by atoms with Gasteiger partial charge in [0.25, 0.3) is 0 Å². The fourth-order valence-electron chi connectivity index (χ4n) is 2.03. The van der Waals surface area contributed by atoms with Crippen molar-refractivity contribution in [2.75, 3.05) is 4.43 Å². The zero-order valence-corrected chi connectivity index (χ0v) is 30.7. The summed E-state index contributed by atoms with van der Waals surface area (Å²) in [6, 6.07) is 1.92. The van der Waals surface area contributed by atoms with E-state index in [-0.39, 0.29) is 144 Å². The van der Waals surface area contributed by atoms with Gasteiger partial charge in [0.1, 0.15) is 0 Å². The van der Waals surface area contributed by atoms with Crippen molar-refractivity contribution in [2.45, 2.75) is 55.4 Å². The fraction of sp³-hybridized carbons (Fsp3) is 0.571. The van der Waals surface area contributed by atoms with Gasteiger partial charge in [-0.15, -0.1) is 5.92 Å². The number of carbonyl (C=O) groups is 3. The molecular weight excluding hydrogens is 717 g/mol. The Labute approximate surface area is 308 Å². The predicted octanol–water partition coefficient (Wildman–Crippen LogP) is -8.51. The van der Waals surface area contributed by atoms with E-state index in [2.05, 4.69) is 13.2 Å². The molecule has 0 fully saturated rings. The third-order valence-corrected chi connectivity index (χ3v) is 3.43. The Bertz CT molecular complexity index is 543. The van der Waals surface area contributed by atoms with Crippen molar-refractivity contribution < 1.29 is 153 Å². The molecule has 35 heavy (non-hydrogen) atoms. The Hall–Kier alpha value is 1.47. The van der Waals surface area contributed by atoms with Gasteiger partial charge in [-0.2, -0.15) is 5.26 Å². The molecule has 0 radical (unpaired) electrons. The standard InChI is InChI=1S/C11H19O3.2C3H4O2.C2H2IN.2CH4.HI.3Na.H2O/c1-5-9(10(13)14)11(3,4)6-8(2)7-12;2*1-2-3(4)5;3-1-2-4;;;;;;;/h8-9H,5-6H2,1-4H3,(H,13,14);2*2H,1H2,(H,4,5);1H2;2*1H4;1H;;;;1H2/q-1;;;;;;;3*+1;/p-3. The van der Waals surface area contributed by atoms with Crippen LogP contribution in [0.4, 0.5) is 0 Å². The number of rotatable bonds is 8. The Morgan fingerprint density at radius 1 is 1.14 bits per heavy atom. The molecule has 0 aromatic heterocycles. The van der Waals surface area contributed by atoms with Crippen LogP contribution in [0, 0.1) is 28.6 Å². The third kappa shape index (κ3) is 61.3. The van der Waals surface area contributed by atoms with Gasteiger partial charge in [-0.3, -0.25) is 11.1 Å². The summed E-state index contributed by atoms with van der Waals surface area (Å²) < 4.78 is 0.595. The van der Waals surface area contributed by atoms with E-state index in [0.29, 0.717) is 17.3 Å². The number of alkyl halides is 1. The van der Waals surface area contributed by atoms with Gasteiger partial charge in [0.2, 0.25) is 0 Å². The van der Waals surface area contributed by atoms with Gasteiger partial charge < -0.3 is 54.4 Å². The van der Waals surface area contributed by atoms with Crippen LogP contribution in [0.25, 0.3) is 0 Å². The maximum Gasteiger partial charge on any atom is 1.00 e. The van der Waals surface area contributed by atoms with Crippen LogP contribution in [0.2, 0.25) is 0 Å². The Morgan fingerprint density at radius 3 is 1.54 bits per heavy atom. The van der Waals surface area contributed by atoms with Gasteiger partial charge >= 0.3 is 101 Å². The van der Waals surface area contributed by atoms with Gasteiger partial charge in [-0.25, -0.2) is 4.79 Å². The summed E-state index contributed by atoms with van der Waals surface area (Å²) in [7, 11) is 0. The molecule has 2 unspecified atom stereocenters. The van der Waals surface area contributed by atoms with Crippen molar-refractivity contribution in [1.29, 1.82) is 5.26 Å². The van der Waals surface area contributed by atoms with Crippen LogP contribution in [0.5, 0.6) is 0 Å². The minimum atomic E-state index is -1.23. The second-order valence-electron chi connectivity index (χ2n) is 5.87. The molecule has 2 atom stereocenters. The molecule has 0 saturated heterocycles. The molecule has 0 aromatic rings. The van der Waals surface area contributed by atoms with E-state index in [1.54, 1.807) is 6.92 Å². The quantitative estimate of drug-likeness (QED) is 0.0799. The van der Waals surface area contributed by atoms with E-state index in [0.717, 1.165) is 12.2 Å². The molecule has 14 heteroatoms. The molecule has 0 amide bonds. The molecule has 0 aliphatic rings. The van der Waals surface area contributed by atoms with Crippen LogP contribution in [0.15, 0.2) is 25.3 Å². The van der Waals surface area contributed by atoms with Gasteiger partial charge in [0, 0.05) is 6.08 Å². The number of carbonyl (C=O) groups excluding carboxylic acids is 2. The van der Waals surface area contributed by atoms with Crippen molar-refractivity contribution in [1.82, 2.24) is 0 Å². The van der Waals surface area contributed by atoms with Gasteiger partial charge in [0.15, 0.2) is 0 Å². The average Bonchev–Trinajstić information content (AvgIpc) is 2.62. The smallest absolute Gasteiger partial charge is 1.00 e. The molecule has 0 aliphatic heterocycles. The first-order chi connectivity index (χ1) is 12.8. The van der Waals surface area contributed by atoms with Crippen LogP contribution < -0.4 is 118 Å². The number of nitriles is 1. The summed E-state index contributed by atoms with van der Waals surface area (Å²) in [6.45, 7) is 13.3. The zero-order chi connectivity index (χ0) is 23.3. The van der Waals surface area contributed by atoms with Crippen LogP contribution >= 0.6 is 22.6 Å². The average molecular weight is 754 g/mol. The van der Waals surface area contributed by atoms with E-state index in [1.807, 2.05) is 55.7 Å². The Balaban J connectivity index is -0.0000000262. The van der Waals surface area contributed by atoms with Crippen LogP contribution in [0.3, 0.4) is 0 Å². The fourth-order valence-corrected chi connectivity index (χ4v) is 2.03. The van der Waals surface area contributed by atoms with Crippen LogP contribution in [-0.4, -0.2) is 44.3 Å². The van der Waals surface area contributed by atoms with Crippen LogP contribution in [-0.2, 0) is 19.2 Å². The molecule has 9 nitrogen and oxygen atoms in total. The number of nitrogens with zero attached hydrogens (tertiary/aromatic N) is 1. The molecule has 0 aliphatic carbocycles. The third-order valence-electron chi connectivity index (χ3n) is 3.08. The van der Waals surface area contributed by atoms with E-state index < -0.39 is 23.8 Å². The maximum absolute atomic E-state index is 10.9. The van der Waals surface area contributed by atoms with E-state index >= 15 is 0 Å². The van der Waals surface area contributed by atoms with Gasteiger partial charge in [0.05, 0.1) is 22.4 Å². The molecule has 0 bridgehead atoms. The number of hydrogen-bond acceptors (Lipinski definition) is 7. The SMILES string of the molecule is C.C.C=CC(=O)O.C=CC(=O)[O-].CCC(C(=O)O)C(C)(C)CC(C)[C-]=O.N#CCI.[I-].[Na+].[Na+].[Na+].[OH-]. The summed E-state index contributed by atoms with van der Waals surface area (Å²) in [4.78, 5) is 39.7. The minimum Gasteiger partial charge on any atom is -1.00 e. The normalized spacial score (nSPS) is 8.80. The number of carboxylic acids is 3. The first-order valence-electron chi connectivity index (χ1n) is 8.03.